The molecule has 0 aliphatic carbocycles. The number of para-hydroxylation sites is 1. The van der Waals surface area contributed by atoms with E-state index in [2.05, 4.69) is 5.32 Å². The predicted octanol–water partition coefficient (Wildman–Crippen LogP) is 2.77. The van der Waals surface area contributed by atoms with E-state index in [1.165, 1.54) is 0 Å². The van der Waals surface area contributed by atoms with Crippen molar-refractivity contribution in [2.45, 2.75) is 6.92 Å². The third kappa shape index (κ3) is 4.63. The molecular weight excluding hydrogens is 282 g/mol. The smallest absolute Gasteiger partial charge is 0.338 e. The summed E-state index contributed by atoms with van der Waals surface area (Å²) < 4.78 is 10.6. The van der Waals surface area contributed by atoms with E-state index in [1.54, 1.807) is 31.2 Å². The Kier molecular flexibility index (Phi) is 5.54. The molecule has 0 unspecified atom stereocenters. The topological polar surface area (TPSA) is 64.6 Å². The first-order valence-corrected chi connectivity index (χ1v) is 6.96. The number of rotatable bonds is 6. The van der Waals surface area contributed by atoms with E-state index < -0.39 is 5.97 Å². The average Bonchev–Trinajstić information content (AvgIpc) is 2.54. The van der Waals surface area contributed by atoms with Gasteiger partial charge in [0.25, 0.3) is 5.91 Å². The molecule has 1 amide bonds. The highest BCUT2D eigenvalue weighted by molar-refractivity contribution is 5.91. The van der Waals surface area contributed by atoms with E-state index in [-0.39, 0.29) is 12.5 Å². The Morgan fingerprint density at radius 2 is 1.73 bits per heavy atom. The molecule has 0 spiro atoms. The molecule has 2 aromatic rings. The number of ether oxygens (including phenoxy) is 2. The molecule has 2 aromatic carbocycles. The highest BCUT2D eigenvalue weighted by Gasteiger charge is 2.10. The first-order valence-electron chi connectivity index (χ1n) is 6.96. The van der Waals surface area contributed by atoms with Crippen LogP contribution in [0.4, 0.5) is 0 Å². The van der Waals surface area contributed by atoms with E-state index in [4.69, 9.17) is 9.47 Å². The zero-order chi connectivity index (χ0) is 15.8. The molecule has 0 bridgehead atoms. The van der Waals surface area contributed by atoms with Crippen LogP contribution in [0.1, 0.15) is 17.3 Å². The van der Waals surface area contributed by atoms with Crippen LogP contribution in [0.5, 0.6) is 11.5 Å². The van der Waals surface area contributed by atoms with Gasteiger partial charge in [-0.3, -0.25) is 4.79 Å². The Labute approximate surface area is 128 Å². The van der Waals surface area contributed by atoms with Gasteiger partial charge in [0, 0.05) is 6.54 Å². The highest BCUT2D eigenvalue weighted by Crippen LogP contribution is 2.22. The van der Waals surface area contributed by atoms with Crippen LogP contribution < -0.4 is 10.1 Å². The highest BCUT2D eigenvalue weighted by atomic mass is 16.5. The lowest BCUT2D eigenvalue weighted by atomic mass is 10.2. The van der Waals surface area contributed by atoms with E-state index in [1.807, 2.05) is 30.3 Å². The van der Waals surface area contributed by atoms with Crippen LogP contribution in [0.25, 0.3) is 0 Å². The van der Waals surface area contributed by atoms with Crippen molar-refractivity contribution in [3.05, 3.63) is 60.2 Å². The van der Waals surface area contributed by atoms with Gasteiger partial charge in [0.05, 0.1) is 5.56 Å². The van der Waals surface area contributed by atoms with Gasteiger partial charge < -0.3 is 14.8 Å². The van der Waals surface area contributed by atoms with Crippen LogP contribution in [0, 0.1) is 0 Å². The van der Waals surface area contributed by atoms with E-state index >= 15 is 0 Å². The van der Waals surface area contributed by atoms with Gasteiger partial charge in [-0.15, -0.1) is 0 Å². The second-order valence-corrected chi connectivity index (χ2v) is 4.47. The van der Waals surface area contributed by atoms with Crippen molar-refractivity contribution in [3.8, 4) is 11.5 Å². The Morgan fingerprint density at radius 3 is 2.45 bits per heavy atom. The van der Waals surface area contributed by atoms with E-state index in [9.17, 15) is 9.59 Å². The summed E-state index contributed by atoms with van der Waals surface area (Å²) >= 11 is 0. The summed E-state index contributed by atoms with van der Waals surface area (Å²) in [7, 11) is 0. The fraction of sp³-hybridized carbons (Fsp3) is 0.176. The number of amides is 1. The minimum atomic E-state index is -0.565. The van der Waals surface area contributed by atoms with Gasteiger partial charge in [-0.25, -0.2) is 4.79 Å². The SMILES string of the molecule is CCNC(=O)COC(=O)c1cccc(Oc2ccccc2)c1. The quantitative estimate of drug-likeness (QED) is 0.833. The van der Waals surface area contributed by atoms with Crippen LogP contribution in [-0.2, 0) is 9.53 Å². The monoisotopic (exact) mass is 299 g/mol. The van der Waals surface area contributed by atoms with Crippen molar-refractivity contribution < 1.29 is 19.1 Å². The molecule has 2 rings (SSSR count). The minimum absolute atomic E-state index is 0.295. The lowest BCUT2D eigenvalue weighted by Crippen LogP contribution is -2.28. The first-order chi connectivity index (χ1) is 10.7. The molecule has 0 fully saturated rings. The van der Waals surface area contributed by atoms with Gasteiger partial charge in [-0.05, 0) is 37.3 Å². The molecule has 1 N–H and O–H groups in total. The van der Waals surface area contributed by atoms with Crippen molar-refractivity contribution >= 4 is 11.9 Å². The number of hydrogen-bond donors (Lipinski definition) is 1. The van der Waals surface area contributed by atoms with Crippen molar-refractivity contribution in [1.82, 2.24) is 5.32 Å². The number of hydrogen-bond acceptors (Lipinski definition) is 4. The van der Waals surface area contributed by atoms with E-state index in [0.29, 0.717) is 23.6 Å². The third-order valence-corrected chi connectivity index (χ3v) is 2.76. The molecule has 0 heterocycles. The zero-order valence-corrected chi connectivity index (χ0v) is 12.2. The van der Waals surface area contributed by atoms with Crippen molar-refractivity contribution in [2.24, 2.45) is 0 Å². The van der Waals surface area contributed by atoms with Crippen LogP contribution in [0.2, 0.25) is 0 Å². The van der Waals surface area contributed by atoms with Gasteiger partial charge in [0.2, 0.25) is 0 Å². The number of carbonyl (C=O) groups is 2. The molecule has 0 saturated heterocycles. The molecule has 0 atom stereocenters. The second kappa shape index (κ2) is 7.83. The molecule has 22 heavy (non-hydrogen) atoms. The zero-order valence-electron chi connectivity index (χ0n) is 12.2. The van der Waals surface area contributed by atoms with Gasteiger partial charge in [-0.1, -0.05) is 24.3 Å². The van der Waals surface area contributed by atoms with Crippen molar-refractivity contribution in [1.29, 1.82) is 0 Å². The average molecular weight is 299 g/mol. The summed E-state index contributed by atoms with van der Waals surface area (Å²) in [5.74, 6) is 0.311. The molecule has 0 saturated carbocycles. The Hall–Kier alpha value is -2.82. The first kappa shape index (κ1) is 15.6. The van der Waals surface area contributed by atoms with Gasteiger partial charge in [0.1, 0.15) is 11.5 Å². The number of carbonyl (C=O) groups excluding carboxylic acids is 2. The summed E-state index contributed by atoms with van der Waals surface area (Å²) in [6, 6.07) is 15.9. The minimum Gasteiger partial charge on any atom is -0.457 e. The summed E-state index contributed by atoms with van der Waals surface area (Å²) in [4.78, 5) is 23.2. The van der Waals surface area contributed by atoms with Gasteiger partial charge in [0.15, 0.2) is 6.61 Å². The van der Waals surface area contributed by atoms with Crippen LogP contribution in [0.15, 0.2) is 54.6 Å². The Balaban J connectivity index is 1.98. The van der Waals surface area contributed by atoms with Crippen LogP contribution >= 0.6 is 0 Å². The molecule has 0 aliphatic heterocycles. The van der Waals surface area contributed by atoms with Crippen molar-refractivity contribution in [2.75, 3.05) is 13.2 Å². The standard InChI is InChI=1S/C17H17NO4/c1-2-18-16(19)12-21-17(20)13-7-6-10-15(11-13)22-14-8-4-3-5-9-14/h3-11H,2,12H2,1H3,(H,18,19). The Bertz CT molecular complexity index is 640. The second-order valence-electron chi connectivity index (χ2n) is 4.47. The summed E-state index contributed by atoms with van der Waals surface area (Å²) in [6.07, 6.45) is 0. The Morgan fingerprint density at radius 1 is 1.00 bits per heavy atom. The maximum absolute atomic E-state index is 11.9. The largest absolute Gasteiger partial charge is 0.457 e. The van der Waals surface area contributed by atoms with Gasteiger partial charge in [-0.2, -0.15) is 0 Å². The summed E-state index contributed by atoms with van der Waals surface area (Å²) in [5, 5.41) is 2.56. The molecule has 0 aromatic heterocycles. The maximum Gasteiger partial charge on any atom is 0.338 e. The number of nitrogens with one attached hydrogen (secondary N) is 1. The molecule has 114 valence electrons. The lowest BCUT2D eigenvalue weighted by molar-refractivity contribution is -0.124. The fourth-order valence-electron chi connectivity index (χ4n) is 1.77. The number of esters is 1. The molecule has 0 radical (unpaired) electrons. The fourth-order valence-corrected chi connectivity index (χ4v) is 1.77. The number of benzene rings is 2. The van der Waals surface area contributed by atoms with Crippen LogP contribution in [0.3, 0.4) is 0 Å². The number of likely N-dealkylation sites (N-methyl/N-ethyl adjacent to an activating group) is 1. The summed E-state index contributed by atoms with van der Waals surface area (Å²) in [5.41, 5.74) is 0.331. The summed E-state index contributed by atoms with van der Waals surface area (Å²) in [6.45, 7) is 2.00. The van der Waals surface area contributed by atoms with Gasteiger partial charge >= 0.3 is 5.97 Å². The van der Waals surface area contributed by atoms with E-state index in [0.717, 1.165) is 0 Å². The van der Waals surface area contributed by atoms with Crippen LogP contribution in [-0.4, -0.2) is 25.0 Å². The molecule has 5 heteroatoms. The molecule has 0 aliphatic rings. The molecule has 5 nitrogen and oxygen atoms in total. The predicted molar refractivity (Wildman–Crippen MR) is 81.9 cm³/mol. The normalized spacial score (nSPS) is 9.86. The third-order valence-electron chi connectivity index (χ3n) is 2.76. The van der Waals surface area contributed by atoms with Crippen molar-refractivity contribution in [3.63, 3.8) is 0 Å². The lowest BCUT2D eigenvalue weighted by Gasteiger charge is -2.08. The molecular formula is C17H17NO4. The maximum atomic E-state index is 11.9.